The van der Waals surface area contributed by atoms with Gasteiger partial charge in [0.15, 0.2) is 5.96 Å². The van der Waals surface area contributed by atoms with E-state index in [4.69, 9.17) is 5.73 Å². The standard InChI is InChI=1S/C20H24N4.HI/c1-13-7-8-17(11-15(13)3)24-20(21)22-10-9-16-12-23-19-14(2)5-4-6-18(16)19;/h4-8,11-12,23H,9-10H2,1-3H3,(H3,21,22,24);1H. The van der Waals surface area contributed by atoms with Crippen molar-refractivity contribution in [3.05, 3.63) is 64.8 Å². The summed E-state index contributed by atoms with van der Waals surface area (Å²) in [6, 6.07) is 12.5. The molecule has 0 aliphatic rings. The maximum Gasteiger partial charge on any atom is 0.193 e. The van der Waals surface area contributed by atoms with Crippen LogP contribution in [0, 0.1) is 20.8 Å². The number of aromatic amines is 1. The largest absolute Gasteiger partial charge is 0.370 e. The number of aryl methyl sites for hydroxylation is 3. The molecule has 0 unspecified atom stereocenters. The molecule has 0 aliphatic heterocycles. The summed E-state index contributed by atoms with van der Waals surface area (Å²) in [5.41, 5.74) is 13.2. The Morgan fingerprint density at radius 3 is 2.64 bits per heavy atom. The highest BCUT2D eigenvalue weighted by Crippen LogP contribution is 2.21. The molecule has 132 valence electrons. The minimum absolute atomic E-state index is 0. The topological polar surface area (TPSA) is 66.2 Å². The van der Waals surface area contributed by atoms with Crippen molar-refractivity contribution in [2.45, 2.75) is 27.2 Å². The van der Waals surface area contributed by atoms with Crippen molar-refractivity contribution in [2.75, 3.05) is 11.9 Å². The van der Waals surface area contributed by atoms with E-state index in [2.05, 4.69) is 72.6 Å². The molecule has 0 bridgehead atoms. The molecule has 4 nitrogen and oxygen atoms in total. The summed E-state index contributed by atoms with van der Waals surface area (Å²) in [6.07, 6.45) is 2.93. The molecule has 3 aromatic rings. The number of halogens is 1. The first-order chi connectivity index (χ1) is 11.5. The van der Waals surface area contributed by atoms with Crippen LogP contribution in [0.4, 0.5) is 5.69 Å². The zero-order valence-electron chi connectivity index (χ0n) is 14.9. The van der Waals surface area contributed by atoms with Crippen molar-refractivity contribution in [3.63, 3.8) is 0 Å². The number of para-hydroxylation sites is 1. The first-order valence-corrected chi connectivity index (χ1v) is 8.24. The molecule has 25 heavy (non-hydrogen) atoms. The molecule has 0 saturated carbocycles. The van der Waals surface area contributed by atoms with Crippen LogP contribution < -0.4 is 11.1 Å². The normalized spacial score (nSPS) is 11.4. The number of rotatable bonds is 4. The van der Waals surface area contributed by atoms with Crippen molar-refractivity contribution in [2.24, 2.45) is 10.7 Å². The number of hydrogen-bond donors (Lipinski definition) is 3. The van der Waals surface area contributed by atoms with Crippen LogP contribution in [0.3, 0.4) is 0 Å². The number of nitrogens with zero attached hydrogens (tertiary/aromatic N) is 1. The third-order valence-corrected chi connectivity index (χ3v) is 4.45. The average molecular weight is 448 g/mol. The van der Waals surface area contributed by atoms with Crippen molar-refractivity contribution < 1.29 is 0 Å². The number of anilines is 1. The van der Waals surface area contributed by atoms with Crippen molar-refractivity contribution in [3.8, 4) is 0 Å². The molecule has 0 fully saturated rings. The fraction of sp³-hybridized carbons (Fsp3) is 0.250. The SMILES string of the molecule is Cc1ccc(NC(N)=NCCc2c[nH]c3c(C)cccc23)cc1C.I. The van der Waals surface area contributed by atoms with Gasteiger partial charge in [0.2, 0.25) is 0 Å². The van der Waals surface area contributed by atoms with Gasteiger partial charge in [-0.25, -0.2) is 0 Å². The van der Waals surface area contributed by atoms with Gasteiger partial charge in [0.25, 0.3) is 0 Å². The predicted octanol–water partition coefficient (Wildman–Crippen LogP) is 4.68. The Morgan fingerprint density at radius 1 is 1.08 bits per heavy atom. The van der Waals surface area contributed by atoms with Gasteiger partial charge in [0.1, 0.15) is 0 Å². The van der Waals surface area contributed by atoms with E-state index >= 15 is 0 Å². The van der Waals surface area contributed by atoms with Gasteiger partial charge in [-0.2, -0.15) is 0 Å². The Kier molecular flexibility index (Phi) is 6.47. The highest BCUT2D eigenvalue weighted by atomic mass is 127. The number of guanidine groups is 1. The lowest BCUT2D eigenvalue weighted by Gasteiger charge is -2.08. The third kappa shape index (κ3) is 4.54. The van der Waals surface area contributed by atoms with Gasteiger partial charge >= 0.3 is 0 Å². The van der Waals surface area contributed by atoms with Crippen LogP contribution in [0.15, 0.2) is 47.6 Å². The van der Waals surface area contributed by atoms with E-state index in [0.717, 1.165) is 12.1 Å². The maximum absolute atomic E-state index is 6.00. The summed E-state index contributed by atoms with van der Waals surface area (Å²) < 4.78 is 0. The molecule has 2 aromatic carbocycles. The number of aliphatic imine (C=N–C) groups is 1. The summed E-state index contributed by atoms with van der Waals surface area (Å²) in [6.45, 7) is 6.96. The lowest BCUT2D eigenvalue weighted by atomic mass is 10.1. The van der Waals surface area contributed by atoms with Crippen molar-refractivity contribution in [1.29, 1.82) is 0 Å². The first kappa shape index (κ1) is 19.3. The number of nitrogens with two attached hydrogens (primary N) is 1. The molecule has 3 rings (SSSR count). The van der Waals surface area contributed by atoms with E-state index in [1.54, 1.807) is 0 Å². The zero-order chi connectivity index (χ0) is 17.1. The minimum atomic E-state index is 0. The van der Waals surface area contributed by atoms with Gasteiger partial charge in [0.05, 0.1) is 0 Å². The monoisotopic (exact) mass is 448 g/mol. The second-order valence-electron chi connectivity index (χ2n) is 6.25. The van der Waals surface area contributed by atoms with E-state index in [1.165, 1.54) is 33.2 Å². The van der Waals surface area contributed by atoms with Gasteiger partial charge < -0.3 is 16.0 Å². The fourth-order valence-corrected chi connectivity index (χ4v) is 2.87. The van der Waals surface area contributed by atoms with Crippen LogP contribution in [0.5, 0.6) is 0 Å². The van der Waals surface area contributed by atoms with Gasteiger partial charge in [-0.3, -0.25) is 4.99 Å². The van der Waals surface area contributed by atoms with Gasteiger partial charge in [-0.05, 0) is 61.6 Å². The highest BCUT2D eigenvalue weighted by Gasteiger charge is 2.05. The summed E-state index contributed by atoms with van der Waals surface area (Å²) >= 11 is 0. The van der Waals surface area contributed by atoms with E-state index in [0.29, 0.717) is 12.5 Å². The van der Waals surface area contributed by atoms with Crippen LogP contribution in [0.25, 0.3) is 10.9 Å². The Balaban J connectivity index is 0.00000225. The molecule has 0 spiro atoms. The summed E-state index contributed by atoms with van der Waals surface area (Å²) in [5, 5.41) is 4.43. The minimum Gasteiger partial charge on any atom is -0.370 e. The Bertz CT molecular complexity index is 896. The van der Waals surface area contributed by atoms with E-state index in [1.807, 2.05) is 6.07 Å². The molecular weight excluding hydrogens is 423 g/mol. The number of hydrogen-bond acceptors (Lipinski definition) is 1. The molecule has 0 saturated heterocycles. The molecule has 5 heteroatoms. The Morgan fingerprint density at radius 2 is 1.88 bits per heavy atom. The van der Waals surface area contributed by atoms with Crippen molar-refractivity contribution >= 4 is 46.5 Å². The number of benzene rings is 2. The smallest absolute Gasteiger partial charge is 0.193 e. The fourth-order valence-electron chi connectivity index (χ4n) is 2.87. The molecular formula is C20H25IN4. The third-order valence-electron chi connectivity index (χ3n) is 4.45. The Labute approximate surface area is 165 Å². The molecule has 0 atom stereocenters. The quantitative estimate of drug-likeness (QED) is 0.308. The van der Waals surface area contributed by atoms with E-state index in [-0.39, 0.29) is 24.0 Å². The van der Waals surface area contributed by atoms with E-state index in [9.17, 15) is 0 Å². The van der Waals surface area contributed by atoms with Crippen LogP contribution in [0.1, 0.15) is 22.3 Å². The number of H-pyrrole nitrogens is 1. The molecule has 0 aliphatic carbocycles. The van der Waals surface area contributed by atoms with Crippen LogP contribution >= 0.6 is 24.0 Å². The van der Waals surface area contributed by atoms with Gasteiger partial charge in [-0.1, -0.05) is 24.3 Å². The predicted molar refractivity (Wildman–Crippen MR) is 118 cm³/mol. The second kappa shape index (κ2) is 8.38. The Hall–Kier alpha value is -2.02. The second-order valence-corrected chi connectivity index (χ2v) is 6.25. The van der Waals surface area contributed by atoms with Crippen LogP contribution in [-0.2, 0) is 6.42 Å². The lowest BCUT2D eigenvalue weighted by molar-refractivity contribution is 0.972. The highest BCUT2D eigenvalue weighted by molar-refractivity contribution is 14.0. The van der Waals surface area contributed by atoms with Crippen LogP contribution in [0.2, 0.25) is 0 Å². The lowest BCUT2D eigenvalue weighted by Crippen LogP contribution is -2.23. The molecule has 0 radical (unpaired) electrons. The number of nitrogens with one attached hydrogen (secondary N) is 2. The number of fused-ring (bicyclic) bond motifs is 1. The first-order valence-electron chi connectivity index (χ1n) is 8.24. The van der Waals surface area contributed by atoms with Gasteiger partial charge in [-0.15, -0.1) is 24.0 Å². The average Bonchev–Trinajstić information content (AvgIpc) is 2.96. The zero-order valence-corrected chi connectivity index (χ0v) is 17.2. The summed E-state index contributed by atoms with van der Waals surface area (Å²) in [7, 11) is 0. The summed E-state index contributed by atoms with van der Waals surface area (Å²) in [4.78, 5) is 7.80. The molecule has 1 heterocycles. The molecule has 4 N–H and O–H groups in total. The number of aromatic nitrogens is 1. The summed E-state index contributed by atoms with van der Waals surface area (Å²) in [5.74, 6) is 0.453. The van der Waals surface area contributed by atoms with Crippen LogP contribution in [-0.4, -0.2) is 17.5 Å². The van der Waals surface area contributed by atoms with Gasteiger partial charge in [0, 0.05) is 29.3 Å². The molecule has 1 aromatic heterocycles. The van der Waals surface area contributed by atoms with Crippen molar-refractivity contribution in [1.82, 2.24) is 4.98 Å². The van der Waals surface area contributed by atoms with E-state index < -0.39 is 0 Å². The maximum atomic E-state index is 6.00. The molecule has 0 amide bonds.